The van der Waals surface area contributed by atoms with Gasteiger partial charge in [-0.25, -0.2) is 0 Å². The quantitative estimate of drug-likeness (QED) is 0.772. The van der Waals surface area contributed by atoms with Gasteiger partial charge in [0.05, 0.1) is 6.42 Å². The number of carboxylic acid groups (broad SMARTS) is 1. The Morgan fingerprint density at radius 1 is 1.39 bits per heavy atom. The van der Waals surface area contributed by atoms with Crippen LogP contribution in [0.5, 0.6) is 0 Å². The largest absolute Gasteiger partial charge is 0.481 e. The van der Waals surface area contributed by atoms with E-state index in [1.807, 2.05) is 31.2 Å². The van der Waals surface area contributed by atoms with Gasteiger partial charge in [-0.05, 0) is 24.6 Å². The lowest BCUT2D eigenvalue weighted by molar-refractivity contribution is -0.137. The molecule has 98 valence electrons. The third kappa shape index (κ3) is 5.84. The molecule has 3 nitrogen and oxygen atoms in total. The third-order valence-corrected chi connectivity index (χ3v) is 2.71. The lowest BCUT2D eigenvalue weighted by Gasteiger charge is -2.21. The molecule has 0 aliphatic heterocycles. The smallest absolute Gasteiger partial charge is 0.304 e. The summed E-state index contributed by atoms with van der Waals surface area (Å²) in [6.45, 7) is 7.74. The minimum Gasteiger partial charge on any atom is -0.481 e. The Hall–Kier alpha value is -1.32. The highest BCUT2D eigenvalue weighted by Gasteiger charge is 2.08. The summed E-state index contributed by atoms with van der Waals surface area (Å²) in [5.41, 5.74) is 2.14. The maximum Gasteiger partial charge on any atom is 0.304 e. The molecule has 0 spiro atoms. The Kier molecular flexibility index (Phi) is 5.89. The molecule has 0 saturated heterocycles. The Balaban J connectivity index is 2.61. The Labute approximate surface area is 113 Å². The monoisotopic (exact) mass is 267 g/mol. The summed E-state index contributed by atoms with van der Waals surface area (Å²) in [5.74, 6) is -0.780. The fourth-order valence-electron chi connectivity index (χ4n) is 1.70. The van der Waals surface area contributed by atoms with Crippen LogP contribution in [0, 0.1) is 0 Å². The lowest BCUT2D eigenvalue weighted by atomic mass is 10.2. The molecule has 1 N–H and O–H groups in total. The second kappa shape index (κ2) is 7.19. The van der Waals surface area contributed by atoms with Gasteiger partial charge in [0.25, 0.3) is 0 Å². The number of aliphatic carboxylic acids is 1. The van der Waals surface area contributed by atoms with Crippen molar-refractivity contribution in [1.82, 2.24) is 4.90 Å². The maximum atomic E-state index is 10.6. The first-order valence-corrected chi connectivity index (χ1v) is 6.18. The number of hydrogen-bond acceptors (Lipinski definition) is 2. The third-order valence-electron chi connectivity index (χ3n) is 2.45. The van der Waals surface area contributed by atoms with Crippen molar-refractivity contribution in [1.29, 1.82) is 0 Å². The Bertz CT molecular complexity index is 414. The van der Waals surface area contributed by atoms with Crippen LogP contribution in [0.2, 0.25) is 5.02 Å². The van der Waals surface area contributed by atoms with Gasteiger partial charge in [0.1, 0.15) is 0 Å². The standard InChI is InChI=1S/C14H18ClNO2/c1-11(2)9-16(8-7-14(17)18)10-12-3-5-13(15)6-4-12/h3-6H,1,7-10H2,2H3,(H,17,18). The summed E-state index contributed by atoms with van der Waals surface area (Å²) in [7, 11) is 0. The topological polar surface area (TPSA) is 40.5 Å². The zero-order valence-corrected chi connectivity index (χ0v) is 11.3. The van der Waals surface area contributed by atoms with Crippen molar-refractivity contribution in [3.05, 3.63) is 47.0 Å². The normalized spacial score (nSPS) is 10.6. The van der Waals surface area contributed by atoms with Gasteiger partial charge in [0.15, 0.2) is 0 Å². The summed E-state index contributed by atoms with van der Waals surface area (Å²) in [6, 6.07) is 7.59. The second-order valence-electron chi connectivity index (χ2n) is 4.44. The Morgan fingerprint density at radius 3 is 2.50 bits per heavy atom. The molecule has 18 heavy (non-hydrogen) atoms. The van der Waals surface area contributed by atoms with E-state index in [4.69, 9.17) is 16.7 Å². The number of rotatable bonds is 7. The van der Waals surface area contributed by atoms with E-state index in [9.17, 15) is 4.79 Å². The van der Waals surface area contributed by atoms with Gasteiger partial charge in [-0.2, -0.15) is 0 Å². The fraction of sp³-hybridized carbons (Fsp3) is 0.357. The molecule has 0 heterocycles. The highest BCUT2D eigenvalue weighted by atomic mass is 35.5. The first-order valence-electron chi connectivity index (χ1n) is 5.80. The summed E-state index contributed by atoms with van der Waals surface area (Å²) in [6.07, 6.45) is 0.140. The van der Waals surface area contributed by atoms with Crippen LogP contribution >= 0.6 is 11.6 Å². The fourth-order valence-corrected chi connectivity index (χ4v) is 1.82. The van der Waals surface area contributed by atoms with Crippen molar-refractivity contribution in [3.63, 3.8) is 0 Å². The molecule has 0 amide bonds. The minimum absolute atomic E-state index is 0.140. The first kappa shape index (κ1) is 14.7. The van der Waals surface area contributed by atoms with Crippen molar-refractivity contribution < 1.29 is 9.90 Å². The van der Waals surface area contributed by atoms with Gasteiger partial charge in [0.2, 0.25) is 0 Å². The first-order chi connectivity index (χ1) is 8.47. The predicted molar refractivity (Wildman–Crippen MR) is 73.8 cm³/mol. The number of hydrogen-bond donors (Lipinski definition) is 1. The van der Waals surface area contributed by atoms with Crippen molar-refractivity contribution >= 4 is 17.6 Å². The Morgan fingerprint density at radius 2 is 2.00 bits per heavy atom. The molecule has 0 aliphatic carbocycles. The van der Waals surface area contributed by atoms with E-state index in [0.29, 0.717) is 24.7 Å². The lowest BCUT2D eigenvalue weighted by Crippen LogP contribution is -2.27. The molecular formula is C14H18ClNO2. The highest BCUT2D eigenvalue weighted by Crippen LogP contribution is 2.12. The second-order valence-corrected chi connectivity index (χ2v) is 4.87. The van der Waals surface area contributed by atoms with Crippen molar-refractivity contribution in [2.45, 2.75) is 19.9 Å². The number of carbonyl (C=O) groups is 1. The van der Waals surface area contributed by atoms with Crippen LogP contribution in [0.3, 0.4) is 0 Å². The van der Waals surface area contributed by atoms with Gasteiger partial charge in [-0.15, -0.1) is 0 Å². The van der Waals surface area contributed by atoms with Gasteiger partial charge < -0.3 is 5.11 Å². The summed E-state index contributed by atoms with van der Waals surface area (Å²) in [5, 5.41) is 9.44. The van der Waals surface area contributed by atoms with Crippen LogP contribution in [0.15, 0.2) is 36.4 Å². The van der Waals surface area contributed by atoms with Crippen molar-refractivity contribution in [2.24, 2.45) is 0 Å². The molecule has 0 aromatic heterocycles. The molecular weight excluding hydrogens is 250 g/mol. The van der Waals surface area contributed by atoms with Crippen LogP contribution < -0.4 is 0 Å². The molecule has 1 aromatic carbocycles. The van der Waals surface area contributed by atoms with E-state index in [2.05, 4.69) is 11.5 Å². The minimum atomic E-state index is -0.780. The molecule has 4 heteroatoms. The maximum absolute atomic E-state index is 10.6. The summed E-state index contributed by atoms with van der Waals surface area (Å²) in [4.78, 5) is 12.7. The van der Waals surface area contributed by atoms with Crippen LogP contribution in [0.4, 0.5) is 0 Å². The van der Waals surface area contributed by atoms with E-state index in [0.717, 1.165) is 11.1 Å². The van der Waals surface area contributed by atoms with Crippen LogP contribution in [0.1, 0.15) is 18.9 Å². The molecule has 0 radical (unpaired) electrons. The van der Waals surface area contributed by atoms with Crippen LogP contribution in [-0.2, 0) is 11.3 Å². The number of carboxylic acids is 1. The zero-order chi connectivity index (χ0) is 13.5. The van der Waals surface area contributed by atoms with Gasteiger partial charge in [-0.1, -0.05) is 35.9 Å². The molecule has 1 aromatic rings. The highest BCUT2D eigenvalue weighted by molar-refractivity contribution is 6.30. The van der Waals surface area contributed by atoms with E-state index >= 15 is 0 Å². The average Bonchev–Trinajstić information content (AvgIpc) is 2.28. The summed E-state index contributed by atoms with van der Waals surface area (Å²) < 4.78 is 0. The van der Waals surface area contributed by atoms with E-state index < -0.39 is 5.97 Å². The van der Waals surface area contributed by atoms with Gasteiger partial charge in [0, 0.05) is 24.7 Å². The van der Waals surface area contributed by atoms with Crippen molar-refractivity contribution in [3.8, 4) is 0 Å². The predicted octanol–water partition coefficient (Wildman–Crippen LogP) is 3.19. The van der Waals surface area contributed by atoms with Crippen LogP contribution in [-0.4, -0.2) is 29.1 Å². The van der Waals surface area contributed by atoms with E-state index in [1.165, 1.54) is 0 Å². The SMILES string of the molecule is C=C(C)CN(CCC(=O)O)Cc1ccc(Cl)cc1. The van der Waals surface area contributed by atoms with E-state index in [-0.39, 0.29) is 6.42 Å². The zero-order valence-electron chi connectivity index (χ0n) is 10.5. The molecule has 0 unspecified atom stereocenters. The number of benzene rings is 1. The number of nitrogens with zero attached hydrogens (tertiary/aromatic N) is 1. The number of halogens is 1. The molecule has 0 saturated carbocycles. The average molecular weight is 268 g/mol. The van der Waals surface area contributed by atoms with Crippen molar-refractivity contribution in [2.75, 3.05) is 13.1 Å². The van der Waals surface area contributed by atoms with Crippen LogP contribution in [0.25, 0.3) is 0 Å². The van der Waals surface area contributed by atoms with E-state index in [1.54, 1.807) is 0 Å². The van der Waals surface area contributed by atoms with Gasteiger partial charge >= 0.3 is 5.97 Å². The molecule has 0 bridgehead atoms. The molecule has 0 atom stereocenters. The summed E-state index contributed by atoms with van der Waals surface area (Å²) >= 11 is 5.83. The molecule has 0 aliphatic rings. The molecule has 0 fully saturated rings. The van der Waals surface area contributed by atoms with Gasteiger partial charge in [-0.3, -0.25) is 9.69 Å². The molecule has 1 rings (SSSR count).